The summed E-state index contributed by atoms with van der Waals surface area (Å²) in [5.74, 6) is 0. The van der Waals surface area contributed by atoms with Gasteiger partial charge in [0.2, 0.25) is 0 Å². The first-order chi connectivity index (χ1) is 5.79. The highest BCUT2D eigenvalue weighted by Gasteiger charge is 1.89. The van der Waals surface area contributed by atoms with Crippen molar-refractivity contribution in [2.24, 2.45) is 4.99 Å². The van der Waals surface area contributed by atoms with Crippen LogP contribution in [-0.2, 0) is 0 Å². The van der Waals surface area contributed by atoms with Crippen LogP contribution in [0.5, 0.6) is 0 Å². The molecule has 0 aliphatic carbocycles. The van der Waals surface area contributed by atoms with Gasteiger partial charge in [-0.15, -0.1) is 0 Å². The van der Waals surface area contributed by atoms with Gasteiger partial charge in [0, 0.05) is 12.6 Å². The number of aliphatic hydroxyl groups excluding tert-OH is 1. The molecule has 1 rings (SSSR count). The predicted molar refractivity (Wildman–Crippen MR) is 50.9 cm³/mol. The molecule has 0 saturated heterocycles. The van der Waals surface area contributed by atoms with Crippen molar-refractivity contribution in [1.82, 2.24) is 0 Å². The van der Waals surface area contributed by atoms with Gasteiger partial charge in [-0.3, -0.25) is 4.99 Å². The molecule has 0 radical (unpaired) electrons. The van der Waals surface area contributed by atoms with Crippen LogP contribution in [0.25, 0.3) is 0 Å². The molecule has 0 spiro atoms. The summed E-state index contributed by atoms with van der Waals surface area (Å²) in [6, 6.07) is 9.69. The second-order valence-electron chi connectivity index (χ2n) is 2.73. The Hall–Kier alpha value is -1.15. The molecule has 1 aromatic rings. The minimum atomic E-state index is -0.308. The van der Waals surface area contributed by atoms with E-state index in [1.807, 2.05) is 30.3 Å². The summed E-state index contributed by atoms with van der Waals surface area (Å²) in [7, 11) is 0. The summed E-state index contributed by atoms with van der Waals surface area (Å²) >= 11 is 0. The molecule has 12 heavy (non-hydrogen) atoms. The summed E-state index contributed by atoms with van der Waals surface area (Å²) in [5.41, 5.74) is 0.929. The lowest BCUT2D eigenvalue weighted by Gasteiger charge is -1.95. The number of aliphatic imine (C=N–C) groups is 1. The molecule has 0 heterocycles. The molecule has 0 bridgehead atoms. The number of hydrogen-bond acceptors (Lipinski definition) is 2. The lowest BCUT2D eigenvalue weighted by atomic mass is 10.3. The van der Waals surface area contributed by atoms with Crippen LogP contribution < -0.4 is 0 Å². The van der Waals surface area contributed by atoms with Crippen LogP contribution in [0.2, 0.25) is 0 Å². The van der Waals surface area contributed by atoms with Crippen molar-refractivity contribution in [1.29, 1.82) is 0 Å². The van der Waals surface area contributed by atoms with Crippen molar-refractivity contribution in [3.63, 3.8) is 0 Å². The highest BCUT2D eigenvalue weighted by molar-refractivity contribution is 5.63. The second kappa shape index (κ2) is 4.67. The Bertz CT molecular complexity index is 241. The molecule has 2 heteroatoms. The van der Waals surface area contributed by atoms with Gasteiger partial charge in [0.25, 0.3) is 0 Å². The van der Waals surface area contributed by atoms with E-state index in [1.54, 1.807) is 13.1 Å². The molecule has 1 N–H and O–H groups in total. The summed E-state index contributed by atoms with van der Waals surface area (Å²) in [4.78, 5) is 4.16. The molecule has 0 saturated carbocycles. The molecule has 0 aliphatic rings. The quantitative estimate of drug-likeness (QED) is 0.680. The first-order valence-corrected chi connectivity index (χ1v) is 4.04. The Morgan fingerprint density at radius 1 is 1.42 bits per heavy atom. The topological polar surface area (TPSA) is 32.6 Å². The van der Waals surface area contributed by atoms with Crippen LogP contribution in [0.1, 0.15) is 13.3 Å². The van der Waals surface area contributed by atoms with Crippen LogP contribution >= 0.6 is 0 Å². The third kappa shape index (κ3) is 3.30. The van der Waals surface area contributed by atoms with Crippen LogP contribution in [0.4, 0.5) is 5.69 Å². The van der Waals surface area contributed by atoms with Gasteiger partial charge in [-0.05, 0) is 19.1 Å². The van der Waals surface area contributed by atoms with E-state index in [1.165, 1.54) is 0 Å². The minimum Gasteiger partial charge on any atom is -0.393 e. The molecule has 1 unspecified atom stereocenters. The lowest BCUT2D eigenvalue weighted by Crippen LogP contribution is -1.98. The van der Waals surface area contributed by atoms with Gasteiger partial charge in [-0.1, -0.05) is 18.2 Å². The Balaban J connectivity index is 2.47. The van der Waals surface area contributed by atoms with E-state index in [-0.39, 0.29) is 6.10 Å². The first kappa shape index (κ1) is 8.94. The van der Waals surface area contributed by atoms with Crippen molar-refractivity contribution in [2.75, 3.05) is 0 Å². The van der Waals surface area contributed by atoms with E-state index >= 15 is 0 Å². The van der Waals surface area contributed by atoms with Gasteiger partial charge >= 0.3 is 0 Å². The smallest absolute Gasteiger partial charge is 0.0625 e. The standard InChI is InChI=1S/C10H13NO/c1-9(12)7-8-11-10-5-3-2-4-6-10/h2-6,8-9,12H,7H2,1H3. The summed E-state index contributed by atoms with van der Waals surface area (Å²) in [5, 5.41) is 8.94. The zero-order chi connectivity index (χ0) is 8.81. The molecule has 64 valence electrons. The highest BCUT2D eigenvalue weighted by Crippen LogP contribution is 2.08. The van der Waals surface area contributed by atoms with E-state index in [2.05, 4.69) is 4.99 Å². The number of para-hydroxylation sites is 1. The molecule has 2 nitrogen and oxygen atoms in total. The van der Waals surface area contributed by atoms with E-state index in [0.29, 0.717) is 6.42 Å². The maximum absolute atomic E-state index is 8.94. The van der Waals surface area contributed by atoms with Gasteiger partial charge in [0.1, 0.15) is 0 Å². The van der Waals surface area contributed by atoms with Crippen molar-refractivity contribution >= 4 is 11.9 Å². The van der Waals surface area contributed by atoms with E-state index in [4.69, 9.17) is 5.11 Å². The zero-order valence-corrected chi connectivity index (χ0v) is 7.14. The Labute approximate surface area is 72.6 Å². The molecule has 0 aromatic heterocycles. The van der Waals surface area contributed by atoms with Gasteiger partial charge in [0.15, 0.2) is 0 Å². The largest absolute Gasteiger partial charge is 0.393 e. The average Bonchev–Trinajstić information content (AvgIpc) is 2.05. The minimum absolute atomic E-state index is 0.308. The van der Waals surface area contributed by atoms with Crippen LogP contribution in [0.3, 0.4) is 0 Å². The van der Waals surface area contributed by atoms with Gasteiger partial charge < -0.3 is 5.11 Å². The SMILES string of the molecule is CC(O)CC=Nc1ccccc1. The van der Waals surface area contributed by atoms with Crippen LogP contribution in [0, 0.1) is 0 Å². The zero-order valence-electron chi connectivity index (χ0n) is 7.14. The summed E-state index contributed by atoms with van der Waals surface area (Å²) < 4.78 is 0. The highest BCUT2D eigenvalue weighted by atomic mass is 16.3. The van der Waals surface area contributed by atoms with E-state index in [9.17, 15) is 0 Å². The number of rotatable bonds is 3. The number of benzene rings is 1. The van der Waals surface area contributed by atoms with Gasteiger partial charge in [-0.2, -0.15) is 0 Å². The molecular formula is C10H13NO. The molecule has 0 aliphatic heterocycles. The monoisotopic (exact) mass is 163 g/mol. The van der Waals surface area contributed by atoms with Gasteiger partial charge in [-0.25, -0.2) is 0 Å². The third-order valence-electron chi connectivity index (χ3n) is 1.44. The normalized spacial score (nSPS) is 13.5. The first-order valence-electron chi connectivity index (χ1n) is 4.04. The number of aliphatic hydroxyl groups is 1. The fourth-order valence-electron chi connectivity index (χ4n) is 0.825. The van der Waals surface area contributed by atoms with E-state index in [0.717, 1.165) is 5.69 Å². The predicted octanol–water partition coefficient (Wildman–Crippen LogP) is 2.16. The van der Waals surface area contributed by atoms with Crippen LogP contribution in [0.15, 0.2) is 35.3 Å². The van der Waals surface area contributed by atoms with Gasteiger partial charge in [0.05, 0.1) is 11.8 Å². The van der Waals surface area contributed by atoms with Crippen molar-refractivity contribution in [3.8, 4) is 0 Å². The molecule has 1 aromatic carbocycles. The van der Waals surface area contributed by atoms with Crippen molar-refractivity contribution < 1.29 is 5.11 Å². The second-order valence-corrected chi connectivity index (χ2v) is 2.73. The molecular weight excluding hydrogens is 150 g/mol. The van der Waals surface area contributed by atoms with Crippen LogP contribution in [-0.4, -0.2) is 17.4 Å². The van der Waals surface area contributed by atoms with E-state index < -0.39 is 0 Å². The van der Waals surface area contributed by atoms with Crippen molar-refractivity contribution in [2.45, 2.75) is 19.4 Å². The van der Waals surface area contributed by atoms with Crippen molar-refractivity contribution in [3.05, 3.63) is 30.3 Å². The summed E-state index contributed by atoms with van der Waals surface area (Å²) in [6.45, 7) is 1.75. The number of nitrogens with zero attached hydrogens (tertiary/aromatic N) is 1. The Morgan fingerprint density at radius 3 is 2.67 bits per heavy atom. The fourth-order valence-corrected chi connectivity index (χ4v) is 0.825. The molecule has 0 fully saturated rings. The Kier molecular flexibility index (Phi) is 3.48. The summed E-state index contributed by atoms with van der Waals surface area (Å²) in [6.07, 6.45) is 2.03. The average molecular weight is 163 g/mol. The lowest BCUT2D eigenvalue weighted by molar-refractivity contribution is 0.204. The molecule has 1 atom stereocenters. The number of hydrogen-bond donors (Lipinski definition) is 1. The maximum Gasteiger partial charge on any atom is 0.0625 e. The third-order valence-corrected chi connectivity index (χ3v) is 1.44. The molecule has 0 amide bonds. The fraction of sp³-hybridized carbons (Fsp3) is 0.300. The maximum atomic E-state index is 8.94. The Morgan fingerprint density at radius 2 is 2.08 bits per heavy atom.